The van der Waals surface area contributed by atoms with Crippen LogP contribution in [0.15, 0.2) is 6.20 Å². The van der Waals surface area contributed by atoms with Crippen LogP contribution in [0.25, 0.3) is 0 Å². The molecule has 0 fully saturated rings. The van der Waals surface area contributed by atoms with E-state index in [0.29, 0.717) is 29.1 Å². The molecule has 0 radical (unpaired) electrons. The molecular weight excluding hydrogens is 264 g/mol. The lowest BCUT2D eigenvalue weighted by molar-refractivity contribution is 0.267. The molecule has 0 aliphatic heterocycles. The highest BCUT2D eigenvalue weighted by Crippen LogP contribution is 2.22. The average molecular weight is 287 g/mol. The molecule has 0 bridgehead atoms. The summed E-state index contributed by atoms with van der Waals surface area (Å²) in [5.41, 5.74) is 0. The summed E-state index contributed by atoms with van der Waals surface area (Å²) in [5, 5.41) is 16.0. The van der Waals surface area contributed by atoms with Gasteiger partial charge in [0.15, 0.2) is 5.82 Å². The van der Waals surface area contributed by atoms with Gasteiger partial charge in [-0.25, -0.2) is 4.98 Å². The van der Waals surface area contributed by atoms with Crippen LogP contribution in [-0.2, 0) is 0 Å². The maximum Gasteiger partial charge on any atom is 0.224 e. The Labute approximate surface area is 119 Å². The van der Waals surface area contributed by atoms with E-state index in [9.17, 15) is 0 Å². The first-order valence-corrected chi connectivity index (χ1v) is 7.10. The Morgan fingerprint density at radius 1 is 1.42 bits per heavy atom. The molecule has 1 aromatic heterocycles. The van der Waals surface area contributed by atoms with Crippen LogP contribution in [-0.4, -0.2) is 34.3 Å². The molecule has 0 saturated heterocycles. The quantitative estimate of drug-likeness (QED) is 0.685. The standard InChI is InChI=1S/C13H23ClN4O/c1-4-6-15-13-16-8-10(14)12(18-13)17-11(5-7-19)9(2)3/h8-9,11,19H,4-7H2,1-3H3,(H2,15,16,17,18). The number of nitrogens with one attached hydrogen (secondary N) is 2. The Morgan fingerprint density at radius 3 is 2.74 bits per heavy atom. The number of anilines is 2. The van der Waals surface area contributed by atoms with E-state index in [4.69, 9.17) is 16.7 Å². The van der Waals surface area contributed by atoms with Crippen LogP contribution in [0.5, 0.6) is 0 Å². The number of aliphatic hydroxyl groups excluding tert-OH is 1. The predicted octanol–water partition coefficient (Wildman–Crippen LogP) is 2.77. The van der Waals surface area contributed by atoms with E-state index in [2.05, 4.69) is 41.4 Å². The third-order valence-electron chi connectivity index (χ3n) is 2.84. The third kappa shape index (κ3) is 5.20. The van der Waals surface area contributed by atoms with Gasteiger partial charge in [0.2, 0.25) is 5.95 Å². The smallest absolute Gasteiger partial charge is 0.224 e. The fourth-order valence-electron chi connectivity index (χ4n) is 1.68. The molecule has 0 aliphatic rings. The summed E-state index contributed by atoms with van der Waals surface area (Å²) in [5.74, 6) is 1.56. The Hall–Kier alpha value is -1.07. The maximum absolute atomic E-state index is 9.09. The van der Waals surface area contributed by atoms with Gasteiger partial charge >= 0.3 is 0 Å². The second-order valence-electron chi connectivity index (χ2n) is 4.82. The Kier molecular flexibility index (Phi) is 6.87. The molecule has 0 aromatic carbocycles. The number of aromatic nitrogens is 2. The molecule has 108 valence electrons. The van der Waals surface area contributed by atoms with Crippen LogP contribution < -0.4 is 10.6 Å². The summed E-state index contributed by atoms with van der Waals surface area (Å²) < 4.78 is 0. The van der Waals surface area contributed by atoms with Gasteiger partial charge in [-0.3, -0.25) is 0 Å². The van der Waals surface area contributed by atoms with Crippen LogP contribution >= 0.6 is 11.6 Å². The van der Waals surface area contributed by atoms with Gasteiger partial charge in [0.25, 0.3) is 0 Å². The van der Waals surface area contributed by atoms with Gasteiger partial charge in [-0.1, -0.05) is 32.4 Å². The molecule has 0 aliphatic carbocycles. The van der Waals surface area contributed by atoms with Crippen molar-refractivity contribution < 1.29 is 5.11 Å². The molecule has 19 heavy (non-hydrogen) atoms. The van der Waals surface area contributed by atoms with Crippen molar-refractivity contribution >= 4 is 23.4 Å². The lowest BCUT2D eigenvalue weighted by Crippen LogP contribution is -2.27. The van der Waals surface area contributed by atoms with Gasteiger partial charge in [-0.05, 0) is 18.8 Å². The molecule has 1 aromatic rings. The SMILES string of the molecule is CCCNc1ncc(Cl)c(NC(CCO)C(C)C)n1. The molecule has 0 saturated carbocycles. The second-order valence-corrected chi connectivity index (χ2v) is 5.23. The number of rotatable bonds is 8. The van der Waals surface area contributed by atoms with E-state index in [0.717, 1.165) is 13.0 Å². The first-order valence-electron chi connectivity index (χ1n) is 6.72. The third-order valence-corrected chi connectivity index (χ3v) is 3.12. The zero-order valence-corrected chi connectivity index (χ0v) is 12.5. The Balaban J connectivity index is 2.79. The minimum atomic E-state index is 0.136. The van der Waals surface area contributed by atoms with E-state index >= 15 is 0 Å². The van der Waals surface area contributed by atoms with Crippen LogP contribution in [0.2, 0.25) is 5.02 Å². The lowest BCUT2D eigenvalue weighted by atomic mass is 10.0. The number of halogens is 1. The molecule has 0 spiro atoms. The van der Waals surface area contributed by atoms with Gasteiger partial charge in [0.05, 0.1) is 6.20 Å². The van der Waals surface area contributed by atoms with Crippen molar-refractivity contribution in [1.82, 2.24) is 9.97 Å². The molecule has 1 atom stereocenters. The summed E-state index contributed by atoms with van der Waals surface area (Å²) in [6.45, 7) is 7.24. The first-order chi connectivity index (χ1) is 9.08. The zero-order valence-electron chi connectivity index (χ0n) is 11.8. The normalized spacial score (nSPS) is 12.5. The molecule has 1 unspecified atom stereocenters. The van der Waals surface area contributed by atoms with Gasteiger partial charge in [-0.2, -0.15) is 4.98 Å². The van der Waals surface area contributed by atoms with Gasteiger partial charge in [0.1, 0.15) is 5.02 Å². The van der Waals surface area contributed by atoms with E-state index in [-0.39, 0.29) is 12.6 Å². The minimum Gasteiger partial charge on any atom is -0.396 e. The van der Waals surface area contributed by atoms with Crippen molar-refractivity contribution in [2.75, 3.05) is 23.8 Å². The molecule has 1 rings (SSSR count). The maximum atomic E-state index is 9.09. The fraction of sp³-hybridized carbons (Fsp3) is 0.692. The number of hydrogen-bond donors (Lipinski definition) is 3. The summed E-state index contributed by atoms with van der Waals surface area (Å²) in [6, 6.07) is 0.136. The van der Waals surface area contributed by atoms with E-state index in [1.165, 1.54) is 0 Å². The van der Waals surface area contributed by atoms with Crippen LogP contribution in [0.3, 0.4) is 0 Å². The predicted molar refractivity (Wildman–Crippen MR) is 79.8 cm³/mol. The van der Waals surface area contributed by atoms with E-state index in [1.807, 2.05) is 0 Å². The Bertz CT molecular complexity index is 387. The molecule has 1 heterocycles. The largest absolute Gasteiger partial charge is 0.396 e. The summed E-state index contributed by atoms with van der Waals surface area (Å²) >= 11 is 6.10. The average Bonchev–Trinajstić information content (AvgIpc) is 2.38. The number of aliphatic hydroxyl groups is 1. The van der Waals surface area contributed by atoms with Crippen molar-refractivity contribution in [3.05, 3.63) is 11.2 Å². The minimum absolute atomic E-state index is 0.136. The fourth-order valence-corrected chi connectivity index (χ4v) is 1.82. The lowest BCUT2D eigenvalue weighted by Gasteiger charge is -2.22. The van der Waals surface area contributed by atoms with Crippen molar-refractivity contribution in [1.29, 1.82) is 0 Å². The van der Waals surface area contributed by atoms with Crippen LogP contribution in [0.4, 0.5) is 11.8 Å². The summed E-state index contributed by atoms with van der Waals surface area (Å²) in [4.78, 5) is 8.50. The second kappa shape index (κ2) is 8.17. The van der Waals surface area contributed by atoms with Crippen molar-refractivity contribution in [2.45, 2.75) is 39.7 Å². The van der Waals surface area contributed by atoms with Gasteiger partial charge < -0.3 is 15.7 Å². The molecule has 5 nitrogen and oxygen atoms in total. The van der Waals surface area contributed by atoms with Gasteiger partial charge in [0, 0.05) is 19.2 Å². The highest BCUT2D eigenvalue weighted by molar-refractivity contribution is 6.32. The molecule has 0 amide bonds. The first kappa shape index (κ1) is 16.0. The molecular formula is C13H23ClN4O. The Morgan fingerprint density at radius 2 is 2.16 bits per heavy atom. The molecule has 6 heteroatoms. The zero-order chi connectivity index (χ0) is 14.3. The van der Waals surface area contributed by atoms with E-state index < -0.39 is 0 Å². The monoisotopic (exact) mass is 286 g/mol. The topological polar surface area (TPSA) is 70.1 Å². The highest BCUT2D eigenvalue weighted by atomic mass is 35.5. The van der Waals surface area contributed by atoms with E-state index in [1.54, 1.807) is 6.20 Å². The van der Waals surface area contributed by atoms with Crippen LogP contribution in [0, 0.1) is 5.92 Å². The van der Waals surface area contributed by atoms with Crippen LogP contribution in [0.1, 0.15) is 33.6 Å². The number of hydrogen-bond acceptors (Lipinski definition) is 5. The van der Waals surface area contributed by atoms with Crippen molar-refractivity contribution in [2.24, 2.45) is 5.92 Å². The number of nitrogens with zero attached hydrogens (tertiary/aromatic N) is 2. The van der Waals surface area contributed by atoms with Crippen molar-refractivity contribution in [3.63, 3.8) is 0 Å². The highest BCUT2D eigenvalue weighted by Gasteiger charge is 2.15. The summed E-state index contributed by atoms with van der Waals surface area (Å²) in [7, 11) is 0. The molecule has 3 N–H and O–H groups in total. The van der Waals surface area contributed by atoms with Gasteiger partial charge in [-0.15, -0.1) is 0 Å². The summed E-state index contributed by atoms with van der Waals surface area (Å²) in [6.07, 6.45) is 3.26. The van der Waals surface area contributed by atoms with Crippen molar-refractivity contribution in [3.8, 4) is 0 Å².